The van der Waals surface area contributed by atoms with Gasteiger partial charge >= 0.3 is 5.97 Å². The molecule has 1 atom stereocenters. The van der Waals surface area contributed by atoms with Crippen LogP contribution in [-0.4, -0.2) is 72.1 Å². The molecule has 3 heterocycles. The van der Waals surface area contributed by atoms with Gasteiger partial charge in [0.25, 0.3) is 5.91 Å². The number of piperidine rings is 1. The summed E-state index contributed by atoms with van der Waals surface area (Å²) < 4.78 is 10.3. The van der Waals surface area contributed by atoms with Gasteiger partial charge in [0.15, 0.2) is 5.76 Å². The number of carbonyl (C=O) groups excluding carboxylic acids is 2. The third kappa shape index (κ3) is 3.43. The van der Waals surface area contributed by atoms with E-state index in [0.29, 0.717) is 39.4 Å². The zero-order valence-electron chi connectivity index (χ0n) is 13.3. The first-order valence-corrected chi connectivity index (χ1v) is 8.05. The molecule has 0 saturated carbocycles. The summed E-state index contributed by atoms with van der Waals surface area (Å²) >= 11 is 0. The maximum atomic E-state index is 12.6. The second kappa shape index (κ2) is 7.04. The van der Waals surface area contributed by atoms with Gasteiger partial charge in [-0.3, -0.25) is 9.59 Å². The molecule has 3 rings (SSSR count). The molecule has 2 fully saturated rings. The first kappa shape index (κ1) is 16.5. The number of rotatable bonds is 3. The smallest absolute Gasteiger partial charge is 0.371 e. The summed E-state index contributed by atoms with van der Waals surface area (Å²) in [5.41, 5.74) is 0. The molecule has 1 unspecified atom stereocenters. The van der Waals surface area contributed by atoms with E-state index < -0.39 is 5.97 Å². The number of hydrogen-bond donors (Lipinski definition) is 1. The van der Waals surface area contributed by atoms with E-state index in [2.05, 4.69) is 0 Å². The van der Waals surface area contributed by atoms with Crippen LogP contribution in [0, 0.1) is 5.92 Å². The van der Waals surface area contributed by atoms with Crippen LogP contribution in [0.15, 0.2) is 16.5 Å². The fourth-order valence-corrected chi connectivity index (χ4v) is 3.13. The van der Waals surface area contributed by atoms with Crippen LogP contribution in [0.5, 0.6) is 0 Å². The number of nitrogens with zero attached hydrogens (tertiary/aromatic N) is 2. The van der Waals surface area contributed by atoms with Gasteiger partial charge in [0.2, 0.25) is 11.7 Å². The van der Waals surface area contributed by atoms with Crippen molar-refractivity contribution in [1.82, 2.24) is 9.80 Å². The van der Waals surface area contributed by atoms with Gasteiger partial charge in [-0.15, -0.1) is 0 Å². The molecule has 0 radical (unpaired) electrons. The van der Waals surface area contributed by atoms with Gasteiger partial charge < -0.3 is 24.1 Å². The highest BCUT2D eigenvalue weighted by Crippen LogP contribution is 2.22. The van der Waals surface area contributed by atoms with E-state index in [1.54, 1.807) is 9.80 Å². The first-order valence-electron chi connectivity index (χ1n) is 8.05. The number of amides is 2. The molecule has 0 spiro atoms. The molecule has 8 heteroatoms. The lowest BCUT2D eigenvalue weighted by Gasteiger charge is -2.35. The van der Waals surface area contributed by atoms with E-state index in [9.17, 15) is 14.4 Å². The van der Waals surface area contributed by atoms with Crippen LogP contribution in [0.1, 0.15) is 34.0 Å². The summed E-state index contributed by atoms with van der Waals surface area (Å²) in [5.74, 6) is -2.03. The van der Waals surface area contributed by atoms with Crippen molar-refractivity contribution in [3.63, 3.8) is 0 Å². The van der Waals surface area contributed by atoms with Gasteiger partial charge in [-0.1, -0.05) is 0 Å². The van der Waals surface area contributed by atoms with Gasteiger partial charge in [0.05, 0.1) is 19.1 Å². The SMILES string of the molecule is O=C(O)c1ccc(C(=O)N2CCCC(C(=O)N3CCOCC3)C2)o1. The second-order valence-corrected chi connectivity index (χ2v) is 6.00. The Bertz CT molecular complexity index is 634. The highest BCUT2D eigenvalue weighted by molar-refractivity contribution is 5.94. The number of hydrogen-bond acceptors (Lipinski definition) is 5. The zero-order valence-corrected chi connectivity index (χ0v) is 13.3. The molecule has 130 valence electrons. The maximum Gasteiger partial charge on any atom is 0.371 e. The number of carbonyl (C=O) groups is 3. The van der Waals surface area contributed by atoms with Gasteiger partial charge in [-0.05, 0) is 25.0 Å². The molecule has 0 bridgehead atoms. The zero-order chi connectivity index (χ0) is 17.1. The van der Waals surface area contributed by atoms with E-state index in [0.717, 1.165) is 12.8 Å². The lowest BCUT2D eigenvalue weighted by Crippen LogP contribution is -2.49. The number of carboxylic acid groups (broad SMARTS) is 1. The van der Waals surface area contributed by atoms with Crippen molar-refractivity contribution >= 4 is 17.8 Å². The fourth-order valence-electron chi connectivity index (χ4n) is 3.13. The molecule has 1 aromatic rings. The highest BCUT2D eigenvalue weighted by Gasteiger charge is 2.33. The Morgan fingerprint density at radius 1 is 1.04 bits per heavy atom. The standard InChI is InChI=1S/C16H20N2O6/c19-14(17-6-8-23-9-7-17)11-2-1-5-18(10-11)15(20)12-3-4-13(24-12)16(21)22/h3-4,11H,1-2,5-10H2,(H,21,22). The normalized spacial score (nSPS) is 21.6. The van der Waals surface area contributed by atoms with Crippen LogP contribution in [0.25, 0.3) is 0 Å². The molecular weight excluding hydrogens is 316 g/mol. The van der Waals surface area contributed by atoms with Crippen molar-refractivity contribution in [2.45, 2.75) is 12.8 Å². The van der Waals surface area contributed by atoms with E-state index in [1.807, 2.05) is 0 Å². The Morgan fingerprint density at radius 2 is 1.75 bits per heavy atom. The highest BCUT2D eigenvalue weighted by atomic mass is 16.5. The third-order valence-corrected chi connectivity index (χ3v) is 4.41. The van der Waals surface area contributed by atoms with Crippen LogP contribution in [0.2, 0.25) is 0 Å². The molecular formula is C16H20N2O6. The van der Waals surface area contributed by atoms with Crippen molar-refractivity contribution in [1.29, 1.82) is 0 Å². The molecule has 1 N–H and O–H groups in total. The van der Waals surface area contributed by atoms with Crippen LogP contribution in [-0.2, 0) is 9.53 Å². The molecule has 2 aliphatic heterocycles. The number of morpholine rings is 1. The predicted molar refractivity (Wildman–Crippen MR) is 81.7 cm³/mol. The van der Waals surface area contributed by atoms with Crippen molar-refractivity contribution in [2.75, 3.05) is 39.4 Å². The van der Waals surface area contributed by atoms with Crippen LogP contribution in [0.3, 0.4) is 0 Å². The summed E-state index contributed by atoms with van der Waals surface area (Å²) in [7, 11) is 0. The lowest BCUT2D eigenvalue weighted by molar-refractivity contribution is -0.141. The molecule has 2 aliphatic rings. The monoisotopic (exact) mass is 336 g/mol. The van der Waals surface area contributed by atoms with E-state index >= 15 is 0 Å². The number of ether oxygens (including phenoxy) is 1. The minimum absolute atomic E-state index is 0.00753. The van der Waals surface area contributed by atoms with Gasteiger partial charge in [-0.25, -0.2) is 4.79 Å². The number of carboxylic acids is 1. The Balaban J connectivity index is 1.64. The second-order valence-electron chi connectivity index (χ2n) is 6.00. The van der Waals surface area contributed by atoms with Crippen molar-refractivity contribution < 1.29 is 28.6 Å². The molecule has 8 nitrogen and oxygen atoms in total. The van der Waals surface area contributed by atoms with Crippen molar-refractivity contribution in [3.8, 4) is 0 Å². The quantitative estimate of drug-likeness (QED) is 0.871. The van der Waals surface area contributed by atoms with E-state index in [1.165, 1.54) is 12.1 Å². The summed E-state index contributed by atoms with van der Waals surface area (Å²) in [6.45, 7) is 3.14. The average Bonchev–Trinajstić information content (AvgIpc) is 3.12. The van der Waals surface area contributed by atoms with Crippen molar-refractivity contribution in [3.05, 3.63) is 23.7 Å². The number of aromatic carboxylic acids is 1. The number of furan rings is 1. The third-order valence-electron chi connectivity index (χ3n) is 4.41. The summed E-state index contributed by atoms with van der Waals surface area (Å²) in [6.07, 6.45) is 1.48. The van der Waals surface area contributed by atoms with Gasteiger partial charge in [-0.2, -0.15) is 0 Å². The lowest BCUT2D eigenvalue weighted by atomic mass is 9.96. The largest absolute Gasteiger partial charge is 0.475 e. The Kier molecular flexibility index (Phi) is 4.84. The molecule has 1 aromatic heterocycles. The summed E-state index contributed by atoms with van der Waals surface area (Å²) in [5, 5.41) is 8.87. The topological polar surface area (TPSA) is 100 Å². The van der Waals surface area contributed by atoms with E-state index in [4.69, 9.17) is 14.3 Å². The Hall–Kier alpha value is -2.35. The Labute approximate surface area is 139 Å². The molecule has 0 aliphatic carbocycles. The van der Waals surface area contributed by atoms with Crippen LogP contribution in [0.4, 0.5) is 0 Å². The van der Waals surface area contributed by atoms with Gasteiger partial charge in [0.1, 0.15) is 0 Å². The number of likely N-dealkylation sites (tertiary alicyclic amines) is 1. The van der Waals surface area contributed by atoms with Crippen LogP contribution >= 0.6 is 0 Å². The molecule has 0 aromatic carbocycles. The fraction of sp³-hybridized carbons (Fsp3) is 0.562. The maximum absolute atomic E-state index is 12.6. The molecule has 24 heavy (non-hydrogen) atoms. The minimum atomic E-state index is -1.21. The molecule has 2 amide bonds. The van der Waals surface area contributed by atoms with Crippen molar-refractivity contribution in [2.24, 2.45) is 5.92 Å². The molecule has 2 saturated heterocycles. The Morgan fingerprint density at radius 3 is 2.42 bits per heavy atom. The summed E-state index contributed by atoms with van der Waals surface area (Å²) in [6, 6.07) is 2.62. The average molecular weight is 336 g/mol. The summed E-state index contributed by atoms with van der Waals surface area (Å²) in [4.78, 5) is 39.3. The van der Waals surface area contributed by atoms with Crippen LogP contribution < -0.4 is 0 Å². The predicted octanol–water partition coefficient (Wildman–Crippen LogP) is 0.689. The van der Waals surface area contributed by atoms with E-state index in [-0.39, 0.29) is 29.3 Å². The first-order chi connectivity index (χ1) is 11.6. The van der Waals surface area contributed by atoms with Gasteiger partial charge in [0, 0.05) is 26.2 Å². The minimum Gasteiger partial charge on any atom is -0.475 e.